The number of sulfonamides is 1. The molecule has 0 radical (unpaired) electrons. The summed E-state index contributed by atoms with van der Waals surface area (Å²) in [5.74, 6) is 0. The van der Waals surface area contributed by atoms with E-state index in [0.717, 1.165) is 6.54 Å². The molecule has 0 aromatic heterocycles. The first kappa shape index (κ1) is 18.0. The standard InChI is InChI=1S/C10H14Cl2N2O2S.ClH/c1-2-13-6-7-14-17(15,16)10-8(11)4-3-5-9(10)12;/h3-5,13-14H,2,6-7H2,1H3;1H. The smallest absolute Gasteiger partial charge is 0.243 e. The minimum Gasteiger partial charge on any atom is -0.316 e. The van der Waals surface area contributed by atoms with Gasteiger partial charge in [-0.15, -0.1) is 12.4 Å². The van der Waals surface area contributed by atoms with Crippen molar-refractivity contribution in [3.05, 3.63) is 28.2 Å². The maximum absolute atomic E-state index is 11.9. The predicted molar refractivity (Wildman–Crippen MR) is 77.4 cm³/mol. The largest absolute Gasteiger partial charge is 0.316 e. The van der Waals surface area contributed by atoms with E-state index in [-0.39, 0.29) is 33.9 Å². The lowest BCUT2D eigenvalue weighted by Gasteiger charge is -2.09. The Labute approximate surface area is 124 Å². The number of rotatable bonds is 6. The van der Waals surface area contributed by atoms with Crippen LogP contribution in [0.1, 0.15) is 6.92 Å². The average Bonchev–Trinajstić information content (AvgIpc) is 2.24. The van der Waals surface area contributed by atoms with E-state index in [4.69, 9.17) is 23.2 Å². The van der Waals surface area contributed by atoms with Crippen LogP contribution in [-0.2, 0) is 10.0 Å². The molecule has 8 heteroatoms. The summed E-state index contributed by atoms with van der Waals surface area (Å²) in [4.78, 5) is -0.0696. The van der Waals surface area contributed by atoms with E-state index in [2.05, 4.69) is 10.0 Å². The third kappa shape index (κ3) is 4.91. The maximum atomic E-state index is 11.9. The van der Waals surface area contributed by atoms with Crippen molar-refractivity contribution in [2.75, 3.05) is 19.6 Å². The normalized spacial score (nSPS) is 11.1. The Balaban J connectivity index is 0.00000289. The monoisotopic (exact) mass is 332 g/mol. The van der Waals surface area contributed by atoms with Crippen LogP contribution in [0.3, 0.4) is 0 Å². The van der Waals surface area contributed by atoms with Crippen LogP contribution in [0, 0.1) is 0 Å². The number of likely N-dealkylation sites (N-methyl/N-ethyl adjacent to an activating group) is 1. The molecule has 0 aliphatic heterocycles. The van der Waals surface area contributed by atoms with E-state index in [0.29, 0.717) is 6.54 Å². The number of hydrogen-bond donors (Lipinski definition) is 2. The summed E-state index contributed by atoms with van der Waals surface area (Å²) in [5.41, 5.74) is 0. The van der Waals surface area contributed by atoms with Gasteiger partial charge in [0.15, 0.2) is 0 Å². The third-order valence-electron chi connectivity index (χ3n) is 2.03. The van der Waals surface area contributed by atoms with Crippen molar-refractivity contribution in [3.63, 3.8) is 0 Å². The van der Waals surface area contributed by atoms with Gasteiger partial charge in [-0.25, -0.2) is 13.1 Å². The van der Waals surface area contributed by atoms with Crippen LogP contribution >= 0.6 is 35.6 Å². The molecule has 0 saturated carbocycles. The second-order valence-corrected chi connectivity index (χ2v) is 5.82. The second kappa shape index (κ2) is 8.19. The van der Waals surface area contributed by atoms with Crippen LogP contribution in [-0.4, -0.2) is 28.1 Å². The van der Waals surface area contributed by atoms with Crippen molar-refractivity contribution in [2.45, 2.75) is 11.8 Å². The van der Waals surface area contributed by atoms with Gasteiger partial charge < -0.3 is 5.32 Å². The van der Waals surface area contributed by atoms with Gasteiger partial charge in [0.05, 0.1) is 10.0 Å². The summed E-state index contributed by atoms with van der Waals surface area (Å²) in [6.07, 6.45) is 0. The van der Waals surface area contributed by atoms with Crippen LogP contribution in [0.15, 0.2) is 23.1 Å². The summed E-state index contributed by atoms with van der Waals surface area (Å²) in [7, 11) is -3.66. The summed E-state index contributed by atoms with van der Waals surface area (Å²) >= 11 is 11.7. The van der Waals surface area contributed by atoms with Gasteiger partial charge in [-0.1, -0.05) is 36.2 Å². The Morgan fingerprint density at radius 2 is 1.72 bits per heavy atom. The molecule has 0 spiro atoms. The van der Waals surface area contributed by atoms with Crippen LogP contribution in [0.5, 0.6) is 0 Å². The second-order valence-electron chi connectivity index (χ2n) is 3.30. The molecule has 4 nitrogen and oxygen atoms in total. The predicted octanol–water partition coefficient (Wildman–Crippen LogP) is 2.30. The van der Waals surface area contributed by atoms with Crippen molar-refractivity contribution in [3.8, 4) is 0 Å². The third-order valence-corrected chi connectivity index (χ3v) is 4.45. The SMILES string of the molecule is CCNCCNS(=O)(=O)c1c(Cl)cccc1Cl.Cl. The van der Waals surface area contributed by atoms with Crippen LogP contribution in [0.2, 0.25) is 10.0 Å². The molecule has 0 amide bonds. The molecular weight excluding hydrogens is 319 g/mol. The first-order valence-electron chi connectivity index (χ1n) is 5.13. The van der Waals surface area contributed by atoms with Gasteiger partial charge in [-0.05, 0) is 18.7 Å². The molecule has 104 valence electrons. The Hall–Kier alpha value is -0.0400. The Kier molecular flexibility index (Phi) is 8.18. The zero-order valence-electron chi connectivity index (χ0n) is 9.74. The fraction of sp³-hybridized carbons (Fsp3) is 0.400. The van der Waals surface area contributed by atoms with Gasteiger partial charge in [0.25, 0.3) is 0 Å². The molecule has 1 aromatic carbocycles. The van der Waals surface area contributed by atoms with Crippen molar-refractivity contribution < 1.29 is 8.42 Å². The highest BCUT2D eigenvalue weighted by molar-refractivity contribution is 7.89. The maximum Gasteiger partial charge on any atom is 0.243 e. The highest BCUT2D eigenvalue weighted by atomic mass is 35.5. The topological polar surface area (TPSA) is 58.2 Å². The van der Waals surface area contributed by atoms with E-state index in [1.165, 1.54) is 12.1 Å². The molecule has 18 heavy (non-hydrogen) atoms. The molecule has 1 aromatic rings. The first-order valence-corrected chi connectivity index (χ1v) is 7.37. The van der Waals surface area contributed by atoms with Crippen LogP contribution < -0.4 is 10.0 Å². The van der Waals surface area contributed by atoms with Gasteiger partial charge in [-0.2, -0.15) is 0 Å². The minimum atomic E-state index is -3.66. The van der Waals surface area contributed by atoms with Crippen molar-refractivity contribution in [1.82, 2.24) is 10.0 Å². The molecule has 0 bridgehead atoms. The number of hydrogen-bond acceptors (Lipinski definition) is 3. The molecule has 0 aliphatic rings. The molecular formula is C10H15Cl3N2O2S. The molecule has 0 unspecified atom stereocenters. The van der Waals surface area contributed by atoms with E-state index in [1.54, 1.807) is 6.07 Å². The van der Waals surface area contributed by atoms with Crippen molar-refractivity contribution in [2.24, 2.45) is 0 Å². The van der Waals surface area contributed by atoms with Gasteiger partial charge in [0.2, 0.25) is 10.0 Å². The van der Waals surface area contributed by atoms with E-state index in [9.17, 15) is 8.42 Å². The lowest BCUT2D eigenvalue weighted by atomic mass is 10.4. The molecule has 0 fully saturated rings. The fourth-order valence-corrected chi connectivity index (χ4v) is 3.43. The van der Waals surface area contributed by atoms with Gasteiger partial charge in [-0.3, -0.25) is 0 Å². The molecule has 0 aliphatic carbocycles. The van der Waals surface area contributed by atoms with Gasteiger partial charge >= 0.3 is 0 Å². The Morgan fingerprint density at radius 3 is 2.22 bits per heavy atom. The lowest BCUT2D eigenvalue weighted by molar-refractivity contribution is 0.577. The van der Waals surface area contributed by atoms with E-state index >= 15 is 0 Å². The highest BCUT2D eigenvalue weighted by Gasteiger charge is 2.20. The summed E-state index contributed by atoms with van der Waals surface area (Å²) in [6, 6.07) is 4.58. The van der Waals surface area contributed by atoms with Crippen molar-refractivity contribution in [1.29, 1.82) is 0 Å². The average molecular weight is 334 g/mol. The first-order chi connectivity index (χ1) is 7.99. The number of benzene rings is 1. The quantitative estimate of drug-likeness (QED) is 0.785. The number of nitrogens with one attached hydrogen (secondary N) is 2. The molecule has 0 atom stereocenters. The summed E-state index contributed by atoms with van der Waals surface area (Å²) in [5, 5.41) is 3.25. The Morgan fingerprint density at radius 1 is 1.17 bits per heavy atom. The molecule has 2 N–H and O–H groups in total. The summed E-state index contributed by atoms with van der Waals surface area (Å²) in [6.45, 7) is 3.57. The lowest BCUT2D eigenvalue weighted by Crippen LogP contribution is -2.32. The van der Waals surface area contributed by atoms with Crippen LogP contribution in [0.25, 0.3) is 0 Å². The summed E-state index contributed by atoms with van der Waals surface area (Å²) < 4.78 is 26.3. The minimum absolute atomic E-state index is 0. The number of halogens is 3. The zero-order chi connectivity index (χ0) is 12.9. The molecule has 0 heterocycles. The molecule has 1 rings (SSSR count). The zero-order valence-corrected chi connectivity index (χ0v) is 12.9. The Bertz CT molecular complexity index is 460. The fourth-order valence-electron chi connectivity index (χ4n) is 1.26. The van der Waals surface area contributed by atoms with Crippen molar-refractivity contribution >= 4 is 45.6 Å². The van der Waals surface area contributed by atoms with Gasteiger partial charge in [0, 0.05) is 13.1 Å². The highest BCUT2D eigenvalue weighted by Crippen LogP contribution is 2.28. The van der Waals surface area contributed by atoms with E-state index < -0.39 is 10.0 Å². The van der Waals surface area contributed by atoms with Crippen LogP contribution in [0.4, 0.5) is 0 Å². The van der Waals surface area contributed by atoms with E-state index in [1.807, 2.05) is 6.92 Å². The van der Waals surface area contributed by atoms with Gasteiger partial charge in [0.1, 0.15) is 4.90 Å². The molecule has 0 saturated heterocycles.